The molecule has 0 aliphatic carbocycles. The van der Waals surface area contributed by atoms with E-state index in [9.17, 15) is 0 Å². The molecule has 0 amide bonds. The lowest BCUT2D eigenvalue weighted by Gasteiger charge is -1.97. The number of aliphatic hydroxyl groups excluding tert-OH is 1. The smallest absolute Gasteiger partial charge is 0.166 e. The average Bonchev–Trinajstić information content (AvgIpc) is 2.34. The van der Waals surface area contributed by atoms with Crippen LogP contribution >= 0.6 is 11.3 Å². The Balaban J connectivity index is 2.96. The Bertz CT molecular complexity index is 261. The zero-order valence-corrected chi connectivity index (χ0v) is 6.35. The molecule has 0 bridgehead atoms. The number of aryl methyl sites for hydroxylation is 1. The molecule has 0 aromatic carbocycles. The maximum atomic E-state index is 9.04. The molecule has 1 N–H and O–H groups in total. The molecule has 0 saturated heterocycles. The summed E-state index contributed by atoms with van der Waals surface area (Å²) in [6.07, 6.45) is -0.953. The van der Waals surface area contributed by atoms with E-state index in [1.165, 1.54) is 11.3 Å². The van der Waals surface area contributed by atoms with Gasteiger partial charge in [0, 0.05) is 10.4 Å². The topological polar surface area (TPSA) is 44.0 Å². The van der Waals surface area contributed by atoms with Crippen LogP contribution in [0.1, 0.15) is 16.5 Å². The molecular formula is C7H7NOS. The van der Waals surface area contributed by atoms with E-state index < -0.39 is 6.10 Å². The molecular weight excluding hydrogens is 146 g/mol. The Labute approximate surface area is 63.4 Å². The maximum Gasteiger partial charge on any atom is 0.166 e. The van der Waals surface area contributed by atoms with Crippen LogP contribution in [0.2, 0.25) is 0 Å². The van der Waals surface area contributed by atoms with Gasteiger partial charge in [0.15, 0.2) is 6.10 Å². The minimum atomic E-state index is -0.953. The van der Waals surface area contributed by atoms with Crippen LogP contribution in [0, 0.1) is 18.3 Å². The van der Waals surface area contributed by atoms with Crippen LogP contribution in [0.3, 0.4) is 0 Å². The molecule has 1 rings (SSSR count). The third-order valence-corrected chi connectivity index (χ3v) is 2.18. The minimum absolute atomic E-state index is 0.729. The molecule has 1 aromatic heterocycles. The Kier molecular flexibility index (Phi) is 2.05. The van der Waals surface area contributed by atoms with E-state index in [-0.39, 0.29) is 0 Å². The first-order valence-corrected chi connectivity index (χ1v) is 3.75. The molecule has 52 valence electrons. The van der Waals surface area contributed by atoms with Gasteiger partial charge in [-0.25, -0.2) is 0 Å². The average molecular weight is 153 g/mol. The molecule has 0 aliphatic heterocycles. The van der Waals surface area contributed by atoms with E-state index in [2.05, 4.69) is 0 Å². The molecule has 0 aliphatic rings. The molecule has 2 nitrogen and oxygen atoms in total. The highest BCUT2D eigenvalue weighted by Crippen LogP contribution is 2.21. The van der Waals surface area contributed by atoms with Gasteiger partial charge < -0.3 is 5.11 Å². The van der Waals surface area contributed by atoms with Crippen molar-refractivity contribution in [1.29, 1.82) is 5.26 Å². The number of rotatable bonds is 1. The van der Waals surface area contributed by atoms with Crippen LogP contribution in [0.4, 0.5) is 0 Å². The summed E-state index contributed by atoms with van der Waals surface area (Å²) < 4.78 is 0. The SMILES string of the molecule is Cc1sccc1C(O)C#N. The molecule has 1 atom stereocenters. The maximum absolute atomic E-state index is 9.04. The largest absolute Gasteiger partial charge is 0.374 e. The number of hydrogen-bond donors (Lipinski definition) is 1. The van der Waals surface area contributed by atoms with E-state index in [0.717, 1.165) is 10.4 Å². The van der Waals surface area contributed by atoms with Gasteiger partial charge in [0.25, 0.3) is 0 Å². The molecule has 0 fully saturated rings. The zero-order valence-electron chi connectivity index (χ0n) is 5.53. The van der Waals surface area contributed by atoms with E-state index in [4.69, 9.17) is 10.4 Å². The highest BCUT2D eigenvalue weighted by atomic mass is 32.1. The molecule has 1 unspecified atom stereocenters. The van der Waals surface area contributed by atoms with Gasteiger partial charge in [0.1, 0.15) is 0 Å². The quantitative estimate of drug-likeness (QED) is 0.623. The predicted molar refractivity (Wildman–Crippen MR) is 39.6 cm³/mol. The Hall–Kier alpha value is -0.850. The number of nitriles is 1. The normalized spacial score (nSPS) is 12.5. The summed E-state index contributed by atoms with van der Waals surface area (Å²) in [6.45, 7) is 1.89. The zero-order chi connectivity index (χ0) is 7.56. The van der Waals surface area contributed by atoms with Crippen LogP contribution in [0.5, 0.6) is 0 Å². The van der Waals surface area contributed by atoms with Gasteiger partial charge in [-0.15, -0.1) is 11.3 Å². The minimum Gasteiger partial charge on any atom is -0.374 e. The first kappa shape index (κ1) is 7.26. The fourth-order valence-corrected chi connectivity index (χ4v) is 1.48. The van der Waals surface area contributed by atoms with E-state index in [1.54, 1.807) is 12.1 Å². The molecule has 1 heterocycles. The standard InChI is InChI=1S/C7H7NOS/c1-5-6(2-3-10-5)7(9)4-8/h2-3,7,9H,1H3. The van der Waals surface area contributed by atoms with Crippen molar-refractivity contribution < 1.29 is 5.11 Å². The van der Waals surface area contributed by atoms with Crippen molar-refractivity contribution in [2.24, 2.45) is 0 Å². The van der Waals surface area contributed by atoms with Gasteiger partial charge in [-0.2, -0.15) is 5.26 Å². The summed E-state index contributed by atoms with van der Waals surface area (Å²) in [7, 11) is 0. The van der Waals surface area contributed by atoms with Crippen molar-refractivity contribution in [2.45, 2.75) is 13.0 Å². The molecule has 0 radical (unpaired) electrons. The highest BCUT2D eigenvalue weighted by Gasteiger charge is 2.08. The molecule has 0 spiro atoms. The van der Waals surface area contributed by atoms with E-state index in [1.807, 2.05) is 12.3 Å². The third-order valence-electron chi connectivity index (χ3n) is 1.32. The van der Waals surface area contributed by atoms with Gasteiger partial charge in [0.05, 0.1) is 6.07 Å². The summed E-state index contributed by atoms with van der Waals surface area (Å²) in [4.78, 5) is 1.01. The van der Waals surface area contributed by atoms with Crippen molar-refractivity contribution in [3.05, 3.63) is 21.9 Å². The highest BCUT2D eigenvalue weighted by molar-refractivity contribution is 7.10. The van der Waals surface area contributed by atoms with Crippen LogP contribution in [0.25, 0.3) is 0 Å². The number of thiophene rings is 1. The van der Waals surface area contributed by atoms with Gasteiger partial charge in [-0.1, -0.05) is 0 Å². The third kappa shape index (κ3) is 1.18. The number of aliphatic hydroxyl groups is 1. The van der Waals surface area contributed by atoms with Crippen molar-refractivity contribution in [3.8, 4) is 6.07 Å². The van der Waals surface area contributed by atoms with Crippen LogP contribution < -0.4 is 0 Å². The second kappa shape index (κ2) is 2.82. The van der Waals surface area contributed by atoms with E-state index >= 15 is 0 Å². The Morgan fingerprint density at radius 3 is 2.90 bits per heavy atom. The molecule has 10 heavy (non-hydrogen) atoms. The lowest BCUT2D eigenvalue weighted by molar-refractivity contribution is 0.236. The second-order valence-electron chi connectivity index (χ2n) is 1.96. The summed E-state index contributed by atoms with van der Waals surface area (Å²) in [6, 6.07) is 3.54. The Morgan fingerprint density at radius 1 is 1.80 bits per heavy atom. The lowest BCUT2D eigenvalue weighted by atomic mass is 10.2. The van der Waals surface area contributed by atoms with Crippen molar-refractivity contribution >= 4 is 11.3 Å². The first-order valence-electron chi connectivity index (χ1n) is 2.87. The van der Waals surface area contributed by atoms with Gasteiger partial charge >= 0.3 is 0 Å². The van der Waals surface area contributed by atoms with Crippen LogP contribution in [-0.2, 0) is 0 Å². The Morgan fingerprint density at radius 2 is 2.50 bits per heavy atom. The summed E-state index contributed by atoms with van der Waals surface area (Å²) in [5.74, 6) is 0. The van der Waals surface area contributed by atoms with Crippen LogP contribution in [0.15, 0.2) is 11.4 Å². The fourth-order valence-electron chi connectivity index (χ4n) is 0.748. The molecule has 0 saturated carbocycles. The van der Waals surface area contributed by atoms with Crippen LogP contribution in [-0.4, -0.2) is 5.11 Å². The van der Waals surface area contributed by atoms with E-state index in [0.29, 0.717) is 0 Å². The summed E-state index contributed by atoms with van der Waals surface area (Å²) in [5, 5.41) is 19.2. The number of hydrogen-bond acceptors (Lipinski definition) is 3. The fraction of sp³-hybridized carbons (Fsp3) is 0.286. The first-order chi connectivity index (χ1) is 4.75. The van der Waals surface area contributed by atoms with Crippen molar-refractivity contribution in [2.75, 3.05) is 0 Å². The van der Waals surface area contributed by atoms with Crippen molar-refractivity contribution in [3.63, 3.8) is 0 Å². The van der Waals surface area contributed by atoms with Crippen molar-refractivity contribution in [1.82, 2.24) is 0 Å². The predicted octanol–water partition coefficient (Wildman–Crippen LogP) is 1.61. The molecule has 3 heteroatoms. The van der Waals surface area contributed by atoms with Gasteiger partial charge in [0.2, 0.25) is 0 Å². The summed E-state index contributed by atoms with van der Waals surface area (Å²) in [5.41, 5.74) is 0.729. The second-order valence-corrected chi connectivity index (χ2v) is 3.08. The monoisotopic (exact) mass is 153 g/mol. The van der Waals surface area contributed by atoms with Gasteiger partial charge in [-0.05, 0) is 18.4 Å². The number of nitrogens with zero attached hydrogens (tertiary/aromatic N) is 1. The van der Waals surface area contributed by atoms with Gasteiger partial charge in [-0.3, -0.25) is 0 Å². The lowest BCUT2D eigenvalue weighted by Crippen LogP contribution is -1.91. The summed E-state index contributed by atoms with van der Waals surface area (Å²) >= 11 is 1.54. The molecule has 1 aromatic rings.